The van der Waals surface area contributed by atoms with Crippen molar-refractivity contribution < 1.29 is 0 Å². The summed E-state index contributed by atoms with van der Waals surface area (Å²) in [6, 6.07) is 5.55. The maximum absolute atomic E-state index is 5.39. The van der Waals surface area contributed by atoms with Gasteiger partial charge < -0.3 is 5.73 Å². The van der Waals surface area contributed by atoms with Crippen molar-refractivity contribution in [3.63, 3.8) is 0 Å². The van der Waals surface area contributed by atoms with Crippen molar-refractivity contribution in [3.05, 3.63) is 21.9 Å². The fourth-order valence-electron chi connectivity index (χ4n) is 2.53. The van der Waals surface area contributed by atoms with Crippen LogP contribution in [0.1, 0.15) is 23.6 Å². The van der Waals surface area contributed by atoms with Crippen LogP contribution < -0.4 is 5.73 Å². The summed E-state index contributed by atoms with van der Waals surface area (Å²) in [5.74, 6) is 6.01. The van der Waals surface area contributed by atoms with E-state index in [9.17, 15) is 0 Å². The molecule has 1 aliphatic rings. The third-order valence-corrected chi connectivity index (χ3v) is 4.78. The predicted molar refractivity (Wildman–Crippen MR) is 82.2 cm³/mol. The van der Waals surface area contributed by atoms with Gasteiger partial charge in [0.2, 0.25) is 0 Å². The van der Waals surface area contributed by atoms with Crippen molar-refractivity contribution in [1.29, 1.82) is 0 Å². The fraction of sp³-hybridized carbons (Fsp3) is 0.600. The van der Waals surface area contributed by atoms with Crippen LogP contribution in [0.4, 0.5) is 0 Å². The number of likely N-dealkylation sites (N-methyl/N-ethyl adjacent to an activating group) is 1. The van der Waals surface area contributed by atoms with Crippen LogP contribution >= 0.6 is 11.3 Å². The van der Waals surface area contributed by atoms with E-state index in [0.717, 1.165) is 24.5 Å². The monoisotopic (exact) mass is 277 g/mol. The maximum atomic E-state index is 5.39. The minimum Gasteiger partial charge on any atom is -0.320 e. The third-order valence-electron chi connectivity index (χ3n) is 3.79. The highest BCUT2D eigenvalue weighted by atomic mass is 32.1. The molecule has 2 atom stereocenters. The van der Waals surface area contributed by atoms with E-state index in [4.69, 9.17) is 5.73 Å². The Morgan fingerprint density at radius 1 is 1.32 bits per heavy atom. The molecule has 104 valence electrons. The number of nitrogens with zero attached hydrogens (tertiary/aromatic N) is 2. The van der Waals surface area contributed by atoms with Gasteiger partial charge in [0.15, 0.2) is 0 Å². The van der Waals surface area contributed by atoms with E-state index >= 15 is 0 Å². The second-order valence-electron chi connectivity index (χ2n) is 5.33. The highest BCUT2D eigenvalue weighted by molar-refractivity contribution is 7.12. The van der Waals surface area contributed by atoms with Crippen LogP contribution in [0.3, 0.4) is 0 Å². The smallest absolute Gasteiger partial charge is 0.0772 e. The van der Waals surface area contributed by atoms with Crippen molar-refractivity contribution in [2.45, 2.75) is 32.5 Å². The minimum absolute atomic E-state index is 0.431. The topological polar surface area (TPSA) is 32.5 Å². The Bertz CT molecular complexity index is 459. The molecule has 0 bridgehead atoms. The summed E-state index contributed by atoms with van der Waals surface area (Å²) in [4.78, 5) is 7.52. The van der Waals surface area contributed by atoms with Gasteiger partial charge in [0.05, 0.1) is 11.4 Å². The summed E-state index contributed by atoms with van der Waals surface area (Å²) in [5, 5.41) is 0. The first-order valence-electron chi connectivity index (χ1n) is 6.82. The van der Waals surface area contributed by atoms with E-state index in [-0.39, 0.29) is 0 Å². The molecule has 1 aromatic rings. The summed E-state index contributed by atoms with van der Waals surface area (Å²) >= 11 is 1.79. The second-order valence-corrected chi connectivity index (χ2v) is 6.50. The van der Waals surface area contributed by atoms with E-state index in [0.29, 0.717) is 18.6 Å². The van der Waals surface area contributed by atoms with Crippen LogP contribution in [0.2, 0.25) is 0 Å². The summed E-state index contributed by atoms with van der Waals surface area (Å²) in [7, 11) is 2.22. The largest absolute Gasteiger partial charge is 0.320 e. The molecule has 1 aliphatic heterocycles. The van der Waals surface area contributed by atoms with Crippen LogP contribution in [-0.4, -0.2) is 48.6 Å². The molecule has 0 radical (unpaired) electrons. The number of rotatable bonds is 2. The van der Waals surface area contributed by atoms with Crippen molar-refractivity contribution in [2.75, 3.05) is 26.7 Å². The second kappa shape index (κ2) is 6.53. The molecule has 0 aromatic carbocycles. The summed E-state index contributed by atoms with van der Waals surface area (Å²) in [5.41, 5.74) is 5.39. The molecule has 19 heavy (non-hydrogen) atoms. The Morgan fingerprint density at radius 2 is 2.00 bits per heavy atom. The normalized spacial score (nSPS) is 25.1. The van der Waals surface area contributed by atoms with Crippen molar-refractivity contribution in [3.8, 4) is 11.8 Å². The van der Waals surface area contributed by atoms with Gasteiger partial charge in [-0.2, -0.15) is 0 Å². The Balaban J connectivity index is 1.96. The zero-order valence-corrected chi connectivity index (χ0v) is 12.8. The van der Waals surface area contributed by atoms with Gasteiger partial charge >= 0.3 is 0 Å². The SMILES string of the molecule is CC1CN(Cc2ccc(C#CCN)s2)CC(C)N1C. The average molecular weight is 277 g/mol. The van der Waals surface area contributed by atoms with Crippen molar-refractivity contribution >= 4 is 11.3 Å². The molecule has 4 heteroatoms. The fourth-order valence-corrected chi connectivity index (χ4v) is 3.46. The maximum Gasteiger partial charge on any atom is 0.0772 e. The third kappa shape index (κ3) is 3.80. The molecule has 1 saturated heterocycles. The standard InChI is InChI=1S/C15H23N3S/c1-12-9-18(10-13(2)17(12)3)11-15-7-6-14(19-15)5-4-8-16/h6-7,12-13H,8-11,16H2,1-3H3. The van der Waals surface area contributed by atoms with E-state index in [1.807, 2.05) is 0 Å². The predicted octanol–water partition coefficient (Wildman–Crippen LogP) is 1.58. The lowest BCUT2D eigenvalue weighted by molar-refractivity contribution is 0.0562. The van der Waals surface area contributed by atoms with E-state index in [2.05, 4.69) is 54.7 Å². The van der Waals surface area contributed by atoms with E-state index < -0.39 is 0 Å². The van der Waals surface area contributed by atoms with Crippen LogP contribution in [0, 0.1) is 11.8 Å². The van der Waals surface area contributed by atoms with Gasteiger partial charge in [-0.1, -0.05) is 11.8 Å². The summed E-state index contributed by atoms with van der Waals surface area (Å²) < 4.78 is 0. The highest BCUT2D eigenvalue weighted by Crippen LogP contribution is 2.20. The van der Waals surface area contributed by atoms with Crippen LogP contribution in [-0.2, 0) is 6.54 Å². The number of nitrogens with two attached hydrogens (primary N) is 1. The molecular formula is C15H23N3S. The molecule has 2 N–H and O–H groups in total. The number of hydrogen-bond acceptors (Lipinski definition) is 4. The lowest BCUT2D eigenvalue weighted by Gasteiger charge is -2.42. The van der Waals surface area contributed by atoms with E-state index in [1.165, 1.54) is 4.88 Å². The van der Waals surface area contributed by atoms with Gasteiger partial charge in [-0.05, 0) is 33.0 Å². The first-order valence-corrected chi connectivity index (χ1v) is 7.63. The van der Waals surface area contributed by atoms with Crippen LogP contribution in [0.15, 0.2) is 12.1 Å². The molecular weight excluding hydrogens is 254 g/mol. The van der Waals surface area contributed by atoms with Gasteiger partial charge in [-0.25, -0.2) is 0 Å². The van der Waals surface area contributed by atoms with Crippen LogP contribution in [0.5, 0.6) is 0 Å². The molecule has 1 fully saturated rings. The van der Waals surface area contributed by atoms with E-state index in [1.54, 1.807) is 11.3 Å². The quantitative estimate of drug-likeness (QED) is 0.833. The lowest BCUT2D eigenvalue weighted by Crippen LogP contribution is -2.54. The molecule has 1 aromatic heterocycles. The molecule has 0 spiro atoms. The zero-order chi connectivity index (χ0) is 13.8. The summed E-state index contributed by atoms with van der Waals surface area (Å²) in [6.45, 7) is 8.35. The van der Waals surface area contributed by atoms with Gasteiger partial charge in [-0.15, -0.1) is 11.3 Å². The molecule has 3 nitrogen and oxygen atoms in total. The first kappa shape index (κ1) is 14.5. The first-order chi connectivity index (χ1) is 9.10. The number of thiophene rings is 1. The Labute approximate surface area is 120 Å². The Hall–Kier alpha value is -0.860. The van der Waals surface area contributed by atoms with Crippen LogP contribution in [0.25, 0.3) is 0 Å². The Kier molecular flexibility index (Phi) is 5.00. The van der Waals surface area contributed by atoms with Gasteiger partial charge in [0, 0.05) is 36.6 Å². The zero-order valence-electron chi connectivity index (χ0n) is 12.0. The number of hydrogen-bond donors (Lipinski definition) is 1. The van der Waals surface area contributed by atoms with Gasteiger partial charge in [0.25, 0.3) is 0 Å². The molecule has 0 aliphatic carbocycles. The molecule has 2 rings (SSSR count). The molecule has 0 amide bonds. The van der Waals surface area contributed by atoms with Gasteiger partial charge in [-0.3, -0.25) is 9.80 Å². The lowest BCUT2D eigenvalue weighted by atomic mass is 10.1. The molecule has 2 heterocycles. The molecule has 2 unspecified atom stereocenters. The number of piperazine rings is 1. The average Bonchev–Trinajstić information content (AvgIpc) is 2.81. The van der Waals surface area contributed by atoms with Gasteiger partial charge in [0.1, 0.15) is 0 Å². The highest BCUT2D eigenvalue weighted by Gasteiger charge is 2.26. The minimum atomic E-state index is 0.431. The Morgan fingerprint density at radius 3 is 2.63 bits per heavy atom. The van der Waals surface area contributed by atoms with Crippen molar-refractivity contribution in [2.24, 2.45) is 5.73 Å². The molecule has 0 saturated carbocycles. The van der Waals surface area contributed by atoms with Crippen molar-refractivity contribution in [1.82, 2.24) is 9.80 Å². The summed E-state index contributed by atoms with van der Waals surface area (Å²) in [6.07, 6.45) is 0.